The van der Waals surface area contributed by atoms with E-state index in [4.69, 9.17) is 10.4 Å². The largest absolute Gasteiger partial charge is 0.871 e. The molecular formula is C15H15N2O5S-. The molecule has 0 atom stereocenters. The molecule has 0 amide bonds. The maximum Gasteiger partial charge on any atom is 0.264 e. The highest BCUT2D eigenvalue weighted by Gasteiger charge is 2.31. The van der Waals surface area contributed by atoms with Gasteiger partial charge in [-0.1, -0.05) is 29.5 Å². The Kier molecular flexibility index (Phi) is 3.67. The van der Waals surface area contributed by atoms with Gasteiger partial charge in [-0.2, -0.15) is 0 Å². The first kappa shape index (κ1) is 15.6. The van der Waals surface area contributed by atoms with Crippen molar-refractivity contribution in [3.63, 3.8) is 0 Å². The molecule has 0 aliphatic carbocycles. The van der Waals surface area contributed by atoms with Crippen molar-refractivity contribution in [3.05, 3.63) is 47.5 Å². The molecule has 0 saturated heterocycles. The molecular weight excluding hydrogens is 320 g/mol. The lowest BCUT2D eigenvalue weighted by molar-refractivity contribution is -0.268. The molecule has 0 fully saturated rings. The summed E-state index contributed by atoms with van der Waals surface area (Å²) in [5.74, 6) is -0.580. The molecule has 8 heteroatoms. The molecule has 0 aromatic heterocycles. The van der Waals surface area contributed by atoms with Crippen LogP contribution in [-0.2, 0) is 16.4 Å². The van der Waals surface area contributed by atoms with Crippen LogP contribution in [0.3, 0.4) is 0 Å². The quantitative estimate of drug-likeness (QED) is 0.822. The van der Waals surface area contributed by atoms with Crippen molar-refractivity contribution < 1.29 is 23.9 Å². The van der Waals surface area contributed by atoms with E-state index in [-0.39, 0.29) is 22.4 Å². The van der Waals surface area contributed by atoms with E-state index in [0.717, 1.165) is 5.56 Å². The van der Waals surface area contributed by atoms with Crippen LogP contribution < -0.4 is 14.6 Å². The monoisotopic (exact) mass is 335 g/mol. The van der Waals surface area contributed by atoms with Gasteiger partial charge in [-0.25, -0.2) is 8.42 Å². The summed E-state index contributed by atoms with van der Waals surface area (Å²) in [4.78, 5) is 0.147. The first-order valence-electron chi connectivity index (χ1n) is 6.92. The highest BCUT2D eigenvalue weighted by Crippen LogP contribution is 2.39. The molecule has 0 spiro atoms. The fraction of sp³-hybridized carbons (Fsp3) is 0.200. The second-order valence-electron chi connectivity index (χ2n) is 5.38. The summed E-state index contributed by atoms with van der Waals surface area (Å²) in [6.45, 7) is 2.06. The van der Waals surface area contributed by atoms with Gasteiger partial charge < -0.3 is 5.11 Å². The number of anilines is 2. The molecule has 1 heterocycles. The predicted octanol–water partition coefficient (Wildman–Crippen LogP) is 1.40. The Hall–Kier alpha value is -2.29. The van der Waals surface area contributed by atoms with Crippen LogP contribution in [0.5, 0.6) is 5.75 Å². The van der Waals surface area contributed by atoms with Crippen molar-refractivity contribution in [2.24, 2.45) is 0 Å². The molecule has 0 radical (unpaired) electrons. The molecule has 1 aliphatic rings. The first-order valence-corrected chi connectivity index (χ1v) is 8.36. The Balaban J connectivity index is 2.08. The van der Waals surface area contributed by atoms with E-state index in [0.29, 0.717) is 12.0 Å². The molecule has 2 aromatic rings. The molecule has 2 aromatic carbocycles. The van der Waals surface area contributed by atoms with Crippen LogP contribution in [0.4, 0.5) is 11.4 Å². The number of hydrogen-bond donors (Lipinski definition) is 2. The second kappa shape index (κ2) is 5.41. The fourth-order valence-electron chi connectivity index (χ4n) is 2.62. The molecule has 0 bridgehead atoms. The molecule has 23 heavy (non-hydrogen) atoms. The lowest BCUT2D eigenvalue weighted by atomic mass is 10.1. The van der Waals surface area contributed by atoms with E-state index >= 15 is 0 Å². The van der Waals surface area contributed by atoms with E-state index in [1.54, 1.807) is 12.1 Å². The number of nitrogens with zero attached hydrogens (tertiary/aromatic N) is 2. The van der Waals surface area contributed by atoms with Gasteiger partial charge >= 0.3 is 0 Å². The fourth-order valence-corrected chi connectivity index (χ4v) is 4.11. The average molecular weight is 335 g/mol. The third kappa shape index (κ3) is 2.61. The van der Waals surface area contributed by atoms with E-state index in [9.17, 15) is 13.5 Å². The van der Waals surface area contributed by atoms with Crippen LogP contribution >= 0.6 is 0 Å². The summed E-state index contributed by atoms with van der Waals surface area (Å²) in [6, 6.07) is 8.87. The topological polar surface area (TPSA) is 104 Å². The number of hydrogen-bond acceptors (Lipinski definition) is 6. The van der Waals surface area contributed by atoms with Gasteiger partial charge in [-0.15, -0.1) is 5.23 Å². The van der Waals surface area contributed by atoms with Gasteiger partial charge in [-0.3, -0.25) is 14.7 Å². The number of aryl methyl sites for hydroxylation is 1. The van der Waals surface area contributed by atoms with Crippen LogP contribution in [0.25, 0.3) is 0 Å². The van der Waals surface area contributed by atoms with Crippen molar-refractivity contribution in [1.29, 1.82) is 0 Å². The Morgan fingerprint density at radius 2 is 1.83 bits per heavy atom. The predicted molar refractivity (Wildman–Crippen MR) is 81.4 cm³/mol. The van der Waals surface area contributed by atoms with Gasteiger partial charge in [0, 0.05) is 6.54 Å². The summed E-state index contributed by atoms with van der Waals surface area (Å²) in [7, 11) is -3.77. The number of rotatable bonds is 3. The minimum atomic E-state index is -3.77. The summed E-state index contributed by atoms with van der Waals surface area (Å²) in [6.07, 6.45) is 0.396. The third-order valence-electron chi connectivity index (χ3n) is 3.84. The van der Waals surface area contributed by atoms with Crippen molar-refractivity contribution in [3.8, 4) is 5.75 Å². The standard InChI is InChI=1S/C15H16N2O5S/c1-10-2-4-12(5-3-10)23(21,22)16-7-6-11-8-15(18)14(17(19)20)9-13(11)16/h2-5,8-9,18-20H,6-7H2,1H3/p-1. The lowest BCUT2D eigenvalue weighted by Crippen LogP contribution is -2.29. The van der Waals surface area contributed by atoms with Gasteiger partial charge in [0.25, 0.3) is 10.0 Å². The van der Waals surface area contributed by atoms with Crippen molar-refractivity contribution in [2.75, 3.05) is 16.1 Å². The van der Waals surface area contributed by atoms with E-state index in [1.807, 2.05) is 6.92 Å². The molecule has 0 saturated carbocycles. The van der Waals surface area contributed by atoms with E-state index < -0.39 is 21.5 Å². The summed E-state index contributed by atoms with van der Waals surface area (Å²) < 4.78 is 26.7. The van der Waals surface area contributed by atoms with Gasteiger partial charge in [0.15, 0.2) is 0 Å². The SMILES string of the molecule is Cc1ccc(S(=O)(=O)N2CCc3cc([O-])c(N(O)O)cc32)cc1. The zero-order valence-electron chi connectivity index (χ0n) is 12.3. The Morgan fingerprint density at radius 1 is 1.17 bits per heavy atom. The van der Waals surface area contributed by atoms with Gasteiger partial charge in [0.1, 0.15) is 0 Å². The normalized spacial score (nSPS) is 14.0. The van der Waals surface area contributed by atoms with Gasteiger partial charge in [0.2, 0.25) is 0 Å². The van der Waals surface area contributed by atoms with Crippen molar-refractivity contribution in [2.45, 2.75) is 18.2 Å². The van der Waals surface area contributed by atoms with Gasteiger partial charge in [0.05, 0.1) is 16.3 Å². The minimum absolute atomic E-state index is 0.147. The molecule has 1 aliphatic heterocycles. The molecule has 3 rings (SSSR count). The van der Waals surface area contributed by atoms with Crippen LogP contribution in [0.2, 0.25) is 0 Å². The van der Waals surface area contributed by atoms with Crippen LogP contribution in [0, 0.1) is 6.92 Å². The smallest absolute Gasteiger partial charge is 0.264 e. The number of benzene rings is 2. The first-order chi connectivity index (χ1) is 10.8. The van der Waals surface area contributed by atoms with E-state index in [2.05, 4.69) is 0 Å². The summed E-state index contributed by atoms with van der Waals surface area (Å²) in [5.41, 5.74) is 1.40. The summed E-state index contributed by atoms with van der Waals surface area (Å²) in [5, 5.41) is 29.6. The molecule has 2 N–H and O–H groups in total. The highest BCUT2D eigenvalue weighted by atomic mass is 32.2. The van der Waals surface area contributed by atoms with Crippen molar-refractivity contribution >= 4 is 21.4 Å². The van der Waals surface area contributed by atoms with Crippen LogP contribution in [0.1, 0.15) is 11.1 Å². The Morgan fingerprint density at radius 3 is 2.43 bits per heavy atom. The Bertz CT molecular complexity index is 847. The molecule has 122 valence electrons. The number of sulfonamides is 1. The van der Waals surface area contributed by atoms with Gasteiger partial charge in [-0.05, 0) is 37.1 Å². The van der Waals surface area contributed by atoms with E-state index in [1.165, 1.54) is 28.6 Å². The van der Waals surface area contributed by atoms with Crippen LogP contribution in [-0.4, -0.2) is 25.4 Å². The lowest BCUT2D eigenvalue weighted by Gasteiger charge is -2.23. The zero-order chi connectivity index (χ0) is 16.8. The average Bonchev–Trinajstić information content (AvgIpc) is 2.90. The summed E-state index contributed by atoms with van der Waals surface area (Å²) >= 11 is 0. The third-order valence-corrected chi connectivity index (χ3v) is 5.67. The number of fused-ring (bicyclic) bond motifs is 1. The maximum atomic E-state index is 12.8. The second-order valence-corrected chi connectivity index (χ2v) is 7.24. The Labute approximate surface area is 133 Å². The zero-order valence-corrected chi connectivity index (χ0v) is 13.1. The highest BCUT2D eigenvalue weighted by molar-refractivity contribution is 7.92. The molecule has 7 nitrogen and oxygen atoms in total. The van der Waals surface area contributed by atoms with Crippen molar-refractivity contribution in [1.82, 2.24) is 0 Å². The maximum absolute atomic E-state index is 12.8. The molecule has 0 unspecified atom stereocenters. The van der Waals surface area contributed by atoms with Crippen LogP contribution in [0.15, 0.2) is 41.3 Å². The minimum Gasteiger partial charge on any atom is -0.871 e.